The lowest BCUT2D eigenvalue weighted by Crippen LogP contribution is -2.04. The highest BCUT2D eigenvalue weighted by Crippen LogP contribution is 1.93. The fourth-order valence-electron chi connectivity index (χ4n) is 0.522. The molecule has 3 heteroatoms. The lowest BCUT2D eigenvalue weighted by atomic mass is 10.2. The molecule has 10 heavy (non-hydrogen) atoms. The average Bonchev–Trinajstić information content (AvgIpc) is 1.89. The molecular formula is C7H13N3. The minimum absolute atomic E-state index is 0.484. The number of allylic oxidation sites excluding steroid dienone is 1. The zero-order chi connectivity index (χ0) is 7.98. The summed E-state index contributed by atoms with van der Waals surface area (Å²) in [7, 11) is 1.71. The third-order valence-electron chi connectivity index (χ3n) is 1.11. The number of hydrogen-bond acceptors (Lipinski definition) is 3. The Kier molecular flexibility index (Phi) is 4.20. The van der Waals surface area contributed by atoms with E-state index in [1.807, 2.05) is 6.92 Å². The van der Waals surface area contributed by atoms with Crippen LogP contribution in [0.4, 0.5) is 0 Å². The quantitative estimate of drug-likeness (QED) is 0.572. The van der Waals surface area contributed by atoms with E-state index in [0.717, 1.165) is 11.3 Å². The summed E-state index contributed by atoms with van der Waals surface area (Å²) in [6.07, 6.45) is 1.71. The van der Waals surface area contributed by atoms with Gasteiger partial charge in [-0.1, -0.05) is 0 Å². The highest BCUT2D eigenvalue weighted by Gasteiger charge is 1.90. The summed E-state index contributed by atoms with van der Waals surface area (Å²) in [5, 5.41) is 0. The maximum absolute atomic E-state index is 5.57. The summed E-state index contributed by atoms with van der Waals surface area (Å²) in [6, 6.07) is 0. The van der Waals surface area contributed by atoms with Crippen molar-refractivity contribution < 1.29 is 0 Å². The molecule has 0 aromatic heterocycles. The topological polar surface area (TPSA) is 50.7 Å². The third kappa shape index (κ3) is 3.02. The monoisotopic (exact) mass is 139 g/mol. The predicted molar refractivity (Wildman–Crippen MR) is 45.7 cm³/mol. The van der Waals surface area contributed by atoms with Gasteiger partial charge in [0, 0.05) is 19.0 Å². The Morgan fingerprint density at radius 1 is 1.70 bits per heavy atom. The SMILES string of the molecule is C=NCC(N)=C(C)C=NC. The van der Waals surface area contributed by atoms with Gasteiger partial charge in [0.25, 0.3) is 0 Å². The van der Waals surface area contributed by atoms with Gasteiger partial charge in [-0.05, 0) is 19.2 Å². The van der Waals surface area contributed by atoms with Crippen molar-refractivity contribution in [1.82, 2.24) is 0 Å². The smallest absolute Gasteiger partial charge is 0.0780 e. The molecule has 0 aliphatic carbocycles. The van der Waals surface area contributed by atoms with E-state index in [9.17, 15) is 0 Å². The maximum atomic E-state index is 5.57. The van der Waals surface area contributed by atoms with Crippen LogP contribution in [0, 0.1) is 0 Å². The van der Waals surface area contributed by atoms with Gasteiger partial charge in [0.2, 0.25) is 0 Å². The second kappa shape index (κ2) is 4.73. The molecule has 2 N–H and O–H groups in total. The Balaban J connectivity index is 4.17. The van der Waals surface area contributed by atoms with Gasteiger partial charge in [-0.25, -0.2) is 0 Å². The van der Waals surface area contributed by atoms with Crippen LogP contribution in [0.2, 0.25) is 0 Å². The standard InChI is InChI=1S/C7H13N3/c1-6(4-9-2)7(8)5-10-3/h4H,3,5,8H2,1-2H3. The fourth-order valence-corrected chi connectivity index (χ4v) is 0.522. The summed E-state index contributed by atoms with van der Waals surface area (Å²) in [5.74, 6) is 0. The molecule has 0 unspecified atom stereocenters. The van der Waals surface area contributed by atoms with E-state index in [1.54, 1.807) is 13.3 Å². The van der Waals surface area contributed by atoms with Crippen molar-refractivity contribution in [3.63, 3.8) is 0 Å². The van der Waals surface area contributed by atoms with Crippen molar-refractivity contribution >= 4 is 12.9 Å². The zero-order valence-electron chi connectivity index (χ0n) is 6.46. The number of aliphatic imine (C=N–C) groups is 2. The van der Waals surface area contributed by atoms with E-state index in [1.165, 1.54) is 0 Å². The first-order valence-electron chi connectivity index (χ1n) is 3.02. The molecular weight excluding hydrogens is 126 g/mol. The van der Waals surface area contributed by atoms with Gasteiger partial charge in [-0.2, -0.15) is 0 Å². The first kappa shape index (κ1) is 8.88. The normalized spacial score (nSPS) is 13.4. The zero-order valence-corrected chi connectivity index (χ0v) is 6.46. The minimum atomic E-state index is 0.484. The molecule has 0 radical (unpaired) electrons. The summed E-state index contributed by atoms with van der Waals surface area (Å²) >= 11 is 0. The average molecular weight is 139 g/mol. The van der Waals surface area contributed by atoms with Crippen molar-refractivity contribution in [3.8, 4) is 0 Å². The summed E-state index contributed by atoms with van der Waals surface area (Å²) in [6.45, 7) is 5.71. The first-order chi connectivity index (χ1) is 4.72. The molecule has 0 fully saturated rings. The van der Waals surface area contributed by atoms with Gasteiger partial charge in [-0.3, -0.25) is 9.98 Å². The summed E-state index contributed by atoms with van der Waals surface area (Å²) in [4.78, 5) is 7.46. The predicted octanol–water partition coefficient (Wildman–Crippen LogP) is 0.620. The van der Waals surface area contributed by atoms with Gasteiger partial charge < -0.3 is 5.73 Å². The fraction of sp³-hybridized carbons (Fsp3) is 0.429. The van der Waals surface area contributed by atoms with Gasteiger partial charge in [0.1, 0.15) is 0 Å². The molecule has 0 spiro atoms. The third-order valence-corrected chi connectivity index (χ3v) is 1.11. The molecule has 0 aliphatic rings. The van der Waals surface area contributed by atoms with Crippen molar-refractivity contribution in [2.24, 2.45) is 15.7 Å². The van der Waals surface area contributed by atoms with Gasteiger partial charge in [-0.15, -0.1) is 0 Å². The van der Waals surface area contributed by atoms with Crippen LogP contribution >= 0.6 is 0 Å². The largest absolute Gasteiger partial charge is 0.400 e. The van der Waals surface area contributed by atoms with E-state index < -0.39 is 0 Å². The Morgan fingerprint density at radius 3 is 2.70 bits per heavy atom. The van der Waals surface area contributed by atoms with Crippen LogP contribution in [0.5, 0.6) is 0 Å². The molecule has 0 atom stereocenters. The lowest BCUT2D eigenvalue weighted by molar-refractivity contribution is 1.09. The van der Waals surface area contributed by atoms with E-state index in [2.05, 4.69) is 16.7 Å². The van der Waals surface area contributed by atoms with Crippen LogP contribution in [0.3, 0.4) is 0 Å². The number of hydrogen-bond donors (Lipinski definition) is 1. The van der Waals surface area contributed by atoms with Crippen LogP contribution in [0.1, 0.15) is 6.92 Å². The van der Waals surface area contributed by atoms with Crippen LogP contribution in [-0.2, 0) is 0 Å². The Hall–Kier alpha value is -1.12. The van der Waals surface area contributed by atoms with Crippen molar-refractivity contribution in [1.29, 1.82) is 0 Å². The molecule has 56 valence electrons. The summed E-state index contributed by atoms with van der Waals surface area (Å²) in [5.41, 5.74) is 7.24. The number of rotatable bonds is 3. The molecule has 0 aromatic carbocycles. The molecule has 0 amide bonds. The Bertz CT molecular complexity index is 168. The Morgan fingerprint density at radius 2 is 2.30 bits per heavy atom. The van der Waals surface area contributed by atoms with E-state index >= 15 is 0 Å². The Labute approximate surface area is 61.4 Å². The van der Waals surface area contributed by atoms with Crippen LogP contribution in [0.25, 0.3) is 0 Å². The van der Waals surface area contributed by atoms with E-state index in [4.69, 9.17) is 5.73 Å². The van der Waals surface area contributed by atoms with Gasteiger partial charge >= 0.3 is 0 Å². The molecule has 0 aromatic rings. The van der Waals surface area contributed by atoms with Crippen molar-refractivity contribution in [2.45, 2.75) is 6.92 Å². The molecule has 0 bridgehead atoms. The van der Waals surface area contributed by atoms with E-state index in [-0.39, 0.29) is 0 Å². The van der Waals surface area contributed by atoms with Gasteiger partial charge in [0.05, 0.1) is 6.54 Å². The highest BCUT2D eigenvalue weighted by molar-refractivity contribution is 5.78. The highest BCUT2D eigenvalue weighted by atomic mass is 14.7. The molecule has 3 nitrogen and oxygen atoms in total. The molecule has 0 aliphatic heterocycles. The number of nitrogens with two attached hydrogens (primary N) is 1. The maximum Gasteiger partial charge on any atom is 0.0780 e. The van der Waals surface area contributed by atoms with Gasteiger partial charge in [0.15, 0.2) is 0 Å². The molecule has 0 heterocycles. The molecule has 0 saturated heterocycles. The minimum Gasteiger partial charge on any atom is -0.400 e. The van der Waals surface area contributed by atoms with Crippen molar-refractivity contribution in [3.05, 3.63) is 11.3 Å². The van der Waals surface area contributed by atoms with Crippen LogP contribution in [-0.4, -0.2) is 26.5 Å². The van der Waals surface area contributed by atoms with E-state index in [0.29, 0.717) is 6.54 Å². The van der Waals surface area contributed by atoms with Crippen LogP contribution in [0.15, 0.2) is 21.3 Å². The number of nitrogens with zero attached hydrogens (tertiary/aromatic N) is 2. The lowest BCUT2D eigenvalue weighted by Gasteiger charge is -1.97. The molecule has 0 rings (SSSR count). The second-order valence-electron chi connectivity index (χ2n) is 1.98. The first-order valence-corrected chi connectivity index (χ1v) is 3.02. The molecule has 0 saturated carbocycles. The van der Waals surface area contributed by atoms with Crippen LogP contribution < -0.4 is 5.73 Å². The van der Waals surface area contributed by atoms with Crippen molar-refractivity contribution in [2.75, 3.05) is 13.6 Å². The second-order valence-corrected chi connectivity index (χ2v) is 1.98. The summed E-state index contributed by atoms with van der Waals surface area (Å²) < 4.78 is 0.